The molecule has 1 saturated heterocycles. The van der Waals surface area contributed by atoms with E-state index < -0.39 is 39.9 Å². The quantitative estimate of drug-likeness (QED) is 0.761. The molecule has 142 valence electrons. The van der Waals surface area contributed by atoms with E-state index in [1.165, 1.54) is 6.20 Å². The van der Waals surface area contributed by atoms with Crippen LogP contribution in [0.5, 0.6) is 0 Å². The lowest BCUT2D eigenvalue weighted by Crippen LogP contribution is -2.51. The topological polar surface area (TPSA) is 97.3 Å². The second kappa shape index (κ2) is 5.97. The van der Waals surface area contributed by atoms with Crippen molar-refractivity contribution in [2.24, 2.45) is 11.1 Å². The van der Waals surface area contributed by atoms with Gasteiger partial charge < -0.3 is 20.7 Å². The van der Waals surface area contributed by atoms with Gasteiger partial charge in [0, 0.05) is 42.5 Å². The molecule has 1 aliphatic heterocycles. The Morgan fingerprint density at radius 2 is 2.22 bits per heavy atom. The van der Waals surface area contributed by atoms with Crippen LogP contribution in [0.3, 0.4) is 0 Å². The Hall–Kier alpha value is -2.58. The van der Waals surface area contributed by atoms with E-state index in [9.17, 15) is 19.1 Å². The van der Waals surface area contributed by atoms with Crippen LogP contribution in [0, 0.1) is 17.0 Å². The number of carbonyl (C=O) groups is 1. The van der Waals surface area contributed by atoms with Crippen LogP contribution in [-0.2, 0) is 0 Å². The Labute approximate surface area is 153 Å². The number of hydrogen-bond donors (Lipinski definition) is 3. The normalized spacial score (nSPS) is 27.1. The maximum Gasteiger partial charge on any atom is 0.341 e. The predicted molar refractivity (Wildman–Crippen MR) is 96.7 cm³/mol. The Balaban J connectivity index is 2.00. The summed E-state index contributed by atoms with van der Waals surface area (Å²) in [6, 6.07) is 0.726. The average molecular weight is 375 g/mol. The summed E-state index contributed by atoms with van der Waals surface area (Å²) >= 11 is 0. The molecule has 6 nitrogen and oxygen atoms in total. The van der Waals surface area contributed by atoms with Gasteiger partial charge in [0.2, 0.25) is 5.43 Å². The third-order valence-electron chi connectivity index (χ3n) is 6.17. The molecule has 4 N–H and O–H groups in total. The Kier molecular flexibility index (Phi) is 3.94. The van der Waals surface area contributed by atoms with E-state index in [-0.39, 0.29) is 22.5 Å². The highest BCUT2D eigenvalue weighted by atomic mass is 19.1. The molecule has 1 aromatic heterocycles. The molecule has 0 radical (unpaired) electrons. The van der Waals surface area contributed by atoms with Gasteiger partial charge in [-0.1, -0.05) is 6.58 Å². The third-order valence-corrected chi connectivity index (χ3v) is 6.17. The van der Waals surface area contributed by atoms with Gasteiger partial charge in [0.15, 0.2) is 5.82 Å². The molecule has 0 bridgehead atoms. The molecule has 27 heavy (non-hydrogen) atoms. The van der Waals surface area contributed by atoms with Gasteiger partial charge in [-0.25, -0.2) is 13.6 Å². The van der Waals surface area contributed by atoms with Crippen molar-refractivity contribution in [3.05, 3.63) is 51.8 Å². The molecule has 1 spiro atoms. The fourth-order valence-electron chi connectivity index (χ4n) is 4.61. The molecule has 1 saturated carbocycles. The number of halogens is 2. The molecular weight excluding hydrogens is 356 g/mol. The Morgan fingerprint density at radius 1 is 1.48 bits per heavy atom. The lowest BCUT2D eigenvalue weighted by atomic mass is 9.55. The van der Waals surface area contributed by atoms with E-state index in [0.717, 1.165) is 23.3 Å². The van der Waals surface area contributed by atoms with Crippen LogP contribution in [0.1, 0.15) is 34.7 Å². The van der Waals surface area contributed by atoms with E-state index >= 15 is 4.39 Å². The number of carboxylic acids is 1. The molecule has 1 aromatic carbocycles. The fourth-order valence-corrected chi connectivity index (χ4v) is 4.61. The highest BCUT2D eigenvalue weighted by molar-refractivity contribution is 5.93. The first-order chi connectivity index (χ1) is 12.8. The number of nitrogens with one attached hydrogen (secondary N) is 1. The molecule has 3 atom stereocenters. The summed E-state index contributed by atoms with van der Waals surface area (Å²) in [5.41, 5.74) is 4.04. The zero-order chi connectivity index (χ0) is 19.5. The number of aromatic carboxylic acids is 1. The maximum absolute atomic E-state index is 15.5. The van der Waals surface area contributed by atoms with Crippen LogP contribution < -0.4 is 16.5 Å². The number of nitrogens with two attached hydrogens (primary N) is 1. The summed E-state index contributed by atoms with van der Waals surface area (Å²) in [5, 5.41) is 12.0. The number of rotatable bonds is 3. The molecule has 8 heteroatoms. The number of benzene rings is 1. The number of fused-ring (bicyclic) bond motifs is 1. The first kappa shape index (κ1) is 17.8. The standard InChI is InChI=1S/C19H19F2N3O3/c1-2-24-7-10(18(26)27)17(25)9-5-12(20)14(15(21)16(9)24)11-3-4-19(11)8-23-6-13(19)22/h2,5,7,11,13,23H,1,3-4,6,8,22H2,(H,26,27). The number of hydrogen-bond acceptors (Lipinski definition) is 4. The van der Waals surface area contributed by atoms with Gasteiger partial charge in [0.25, 0.3) is 0 Å². The van der Waals surface area contributed by atoms with Gasteiger partial charge in [-0.2, -0.15) is 0 Å². The lowest BCUT2D eigenvalue weighted by molar-refractivity contribution is 0.0695. The molecule has 2 heterocycles. The van der Waals surface area contributed by atoms with Crippen molar-refractivity contribution in [1.82, 2.24) is 9.88 Å². The summed E-state index contributed by atoms with van der Waals surface area (Å²) in [6.07, 6.45) is 3.57. The van der Waals surface area contributed by atoms with E-state index in [4.69, 9.17) is 5.73 Å². The predicted octanol–water partition coefficient (Wildman–Crippen LogP) is 1.87. The second-order valence-electron chi connectivity index (χ2n) is 7.31. The fraction of sp³-hybridized carbons (Fsp3) is 0.368. The van der Waals surface area contributed by atoms with Gasteiger partial charge in [0.05, 0.1) is 10.9 Å². The molecule has 2 aromatic rings. The van der Waals surface area contributed by atoms with Crippen molar-refractivity contribution in [2.75, 3.05) is 13.1 Å². The van der Waals surface area contributed by atoms with Crippen molar-refractivity contribution in [3.63, 3.8) is 0 Å². The SMILES string of the molecule is C=Cn1cc(C(=O)O)c(=O)c2cc(F)c(C3CCC34CNCC4N)c(F)c21. The first-order valence-electron chi connectivity index (χ1n) is 8.70. The average Bonchev–Trinajstić information content (AvgIpc) is 3.01. The molecule has 1 aliphatic carbocycles. The zero-order valence-corrected chi connectivity index (χ0v) is 14.5. The van der Waals surface area contributed by atoms with Gasteiger partial charge in [-0.15, -0.1) is 0 Å². The summed E-state index contributed by atoms with van der Waals surface area (Å²) < 4.78 is 31.5. The monoisotopic (exact) mass is 375 g/mol. The third kappa shape index (κ3) is 2.30. The highest BCUT2D eigenvalue weighted by Crippen LogP contribution is 2.57. The first-order valence-corrected chi connectivity index (χ1v) is 8.70. The van der Waals surface area contributed by atoms with Gasteiger partial charge in [-0.05, 0) is 24.8 Å². The van der Waals surface area contributed by atoms with E-state index in [1.807, 2.05) is 0 Å². The van der Waals surface area contributed by atoms with Gasteiger partial charge in [0.1, 0.15) is 11.4 Å². The number of pyridine rings is 1. The van der Waals surface area contributed by atoms with Crippen LogP contribution in [0.4, 0.5) is 8.78 Å². The van der Waals surface area contributed by atoms with Crippen LogP contribution in [0.25, 0.3) is 17.1 Å². The zero-order valence-electron chi connectivity index (χ0n) is 14.5. The van der Waals surface area contributed by atoms with E-state index in [1.54, 1.807) is 0 Å². The minimum Gasteiger partial charge on any atom is -0.477 e. The van der Waals surface area contributed by atoms with Crippen LogP contribution in [0.2, 0.25) is 0 Å². The molecule has 4 rings (SSSR count). The smallest absolute Gasteiger partial charge is 0.341 e. The van der Waals surface area contributed by atoms with Crippen molar-refractivity contribution in [2.45, 2.75) is 24.8 Å². The van der Waals surface area contributed by atoms with Crippen molar-refractivity contribution < 1.29 is 18.7 Å². The Morgan fingerprint density at radius 3 is 2.74 bits per heavy atom. The number of aromatic nitrogens is 1. The van der Waals surface area contributed by atoms with Crippen molar-refractivity contribution in [3.8, 4) is 0 Å². The van der Waals surface area contributed by atoms with E-state index in [2.05, 4.69) is 11.9 Å². The highest BCUT2D eigenvalue weighted by Gasteiger charge is 2.55. The molecule has 0 amide bonds. The van der Waals surface area contributed by atoms with Gasteiger partial charge in [-0.3, -0.25) is 4.79 Å². The second-order valence-corrected chi connectivity index (χ2v) is 7.31. The summed E-state index contributed by atoms with van der Waals surface area (Å²) in [6.45, 7) is 4.72. The van der Waals surface area contributed by atoms with Crippen LogP contribution in [-0.4, -0.2) is 34.8 Å². The molecule has 2 fully saturated rings. The van der Waals surface area contributed by atoms with Crippen molar-refractivity contribution in [1.29, 1.82) is 0 Å². The summed E-state index contributed by atoms with van der Waals surface area (Å²) in [5.74, 6) is -3.58. The van der Waals surface area contributed by atoms with Crippen LogP contribution in [0.15, 0.2) is 23.6 Å². The molecular formula is C19H19F2N3O3. The van der Waals surface area contributed by atoms with Gasteiger partial charge >= 0.3 is 5.97 Å². The lowest BCUT2D eigenvalue weighted by Gasteiger charge is -2.50. The van der Waals surface area contributed by atoms with Crippen LogP contribution >= 0.6 is 0 Å². The number of carboxylic acid groups (broad SMARTS) is 1. The summed E-state index contributed by atoms with van der Waals surface area (Å²) in [4.78, 5) is 23.7. The van der Waals surface area contributed by atoms with Crippen molar-refractivity contribution >= 4 is 23.1 Å². The number of nitrogens with zero attached hydrogens (tertiary/aromatic N) is 1. The van der Waals surface area contributed by atoms with E-state index in [0.29, 0.717) is 19.5 Å². The molecule has 2 aliphatic rings. The summed E-state index contributed by atoms with van der Waals surface area (Å²) in [7, 11) is 0. The molecule has 3 unspecified atom stereocenters. The maximum atomic E-state index is 15.5. The minimum absolute atomic E-state index is 0.0917. The largest absolute Gasteiger partial charge is 0.477 e. The Bertz CT molecular complexity index is 1050. The minimum atomic E-state index is -1.47.